The quantitative estimate of drug-likeness (QED) is 0.163. The summed E-state index contributed by atoms with van der Waals surface area (Å²) in [6, 6.07) is 10.1. The highest BCUT2D eigenvalue weighted by Crippen LogP contribution is 2.31. The fraction of sp³-hybridized carbons (Fsp3) is 0.419. The number of nitrogens with zero attached hydrogens (tertiary/aromatic N) is 8. The highest BCUT2D eigenvalue weighted by molar-refractivity contribution is 6.31. The van der Waals surface area contributed by atoms with E-state index in [4.69, 9.17) is 31.0 Å². The van der Waals surface area contributed by atoms with Crippen molar-refractivity contribution in [2.24, 2.45) is 0 Å². The molecule has 2 aliphatic heterocycles. The molecule has 0 saturated carbocycles. The summed E-state index contributed by atoms with van der Waals surface area (Å²) in [5, 5.41) is 5.60. The zero-order valence-electron chi connectivity index (χ0n) is 25.7. The maximum absolute atomic E-state index is 13.1. The number of imidazole rings is 1. The molecule has 1 atom stereocenters. The molecule has 0 spiro atoms. The Labute approximate surface area is 280 Å². The summed E-state index contributed by atoms with van der Waals surface area (Å²) in [4.78, 5) is 23.8. The van der Waals surface area contributed by atoms with Crippen LogP contribution in [0.2, 0.25) is 5.02 Å². The van der Waals surface area contributed by atoms with Gasteiger partial charge < -0.3 is 18.8 Å². The zero-order chi connectivity index (χ0) is 34.1. The minimum absolute atomic E-state index is 0.0115. The number of aromatic nitrogens is 8. The second-order valence-electron chi connectivity index (χ2n) is 11.7. The van der Waals surface area contributed by atoms with Crippen molar-refractivity contribution in [3.63, 3.8) is 0 Å². The lowest BCUT2D eigenvalue weighted by Gasteiger charge is -2.32. The zero-order valence-corrected chi connectivity index (χ0v) is 26.5. The number of rotatable bonds is 11. The largest absolute Gasteiger partial charge is 0.471 e. The first-order valence-electron chi connectivity index (χ1n) is 15.5. The van der Waals surface area contributed by atoms with Gasteiger partial charge in [0.1, 0.15) is 23.1 Å². The number of fused-ring (bicyclic) bond motifs is 1. The number of hydrogen-bond acceptors (Lipinski definition) is 10. The van der Waals surface area contributed by atoms with Gasteiger partial charge in [0.05, 0.1) is 42.1 Å². The highest BCUT2D eigenvalue weighted by Gasteiger charge is 2.35. The highest BCUT2D eigenvalue weighted by atomic mass is 35.5. The molecule has 0 aromatic carbocycles. The van der Waals surface area contributed by atoms with Crippen molar-refractivity contribution in [3.05, 3.63) is 70.7 Å². The van der Waals surface area contributed by atoms with E-state index in [1.54, 1.807) is 24.4 Å². The van der Waals surface area contributed by atoms with Gasteiger partial charge >= 0.3 is 12.8 Å². The van der Waals surface area contributed by atoms with E-state index in [-0.39, 0.29) is 41.0 Å². The summed E-state index contributed by atoms with van der Waals surface area (Å²) in [5.74, 6) is -0.337. The maximum Gasteiger partial charge on any atom is 0.451 e. The summed E-state index contributed by atoms with van der Waals surface area (Å²) >= 11 is 5.89. The number of pyridine rings is 3. The fourth-order valence-corrected chi connectivity index (χ4v) is 5.99. The van der Waals surface area contributed by atoms with Gasteiger partial charge in [-0.2, -0.15) is 27.1 Å². The van der Waals surface area contributed by atoms with Crippen LogP contribution in [0.1, 0.15) is 48.2 Å². The molecule has 5 aromatic heterocycles. The Bertz CT molecular complexity index is 1930. The number of aromatic amines is 1. The van der Waals surface area contributed by atoms with Crippen LogP contribution >= 0.6 is 11.6 Å². The van der Waals surface area contributed by atoms with E-state index in [0.29, 0.717) is 36.8 Å². The molecule has 49 heavy (non-hydrogen) atoms. The Kier molecular flexibility index (Phi) is 9.30. The van der Waals surface area contributed by atoms with Crippen molar-refractivity contribution >= 4 is 22.6 Å². The number of hydrogen-bond donors (Lipinski definition) is 1. The first kappa shape index (κ1) is 33.0. The van der Waals surface area contributed by atoms with Gasteiger partial charge in [-0.1, -0.05) is 17.7 Å². The molecule has 18 heteroatoms. The molecule has 7 rings (SSSR count). The van der Waals surface area contributed by atoms with Crippen LogP contribution in [0.25, 0.3) is 22.6 Å². The van der Waals surface area contributed by atoms with Gasteiger partial charge in [-0.15, -0.1) is 0 Å². The predicted octanol–water partition coefficient (Wildman–Crippen LogP) is 6.03. The second kappa shape index (κ2) is 13.8. The molecule has 2 aliphatic rings. The fourth-order valence-electron chi connectivity index (χ4n) is 5.84. The third-order valence-corrected chi connectivity index (χ3v) is 8.72. The summed E-state index contributed by atoms with van der Waals surface area (Å²) in [6.07, 6.45) is -0.400. The van der Waals surface area contributed by atoms with E-state index in [2.05, 4.69) is 34.3 Å². The van der Waals surface area contributed by atoms with Gasteiger partial charge in [0.15, 0.2) is 5.82 Å². The average molecular weight is 706 g/mol. The van der Waals surface area contributed by atoms with Crippen LogP contribution < -0.4 is 9.47 Å². The third kappa shape index (κ3) is 7.58. The number of piperidine rings is 1. The van der Waals surface area contributed by atoms with Gasteiger partial charge in [-0.3, -0.25) is 15.0 Å². The number of halogens is 6. The number of alkyl halides is 5. The Hall–Kier alpha value is -4.48. The van der Waals surface area contributed by atoms with Crippen LogP contribution in [-0.2, 0) is 30.6 Å². The summed E-state index contributed by atoms with van der Waals surface area (Å²) < 4.78 is 82.4. The molecule has 5 aromatic rings. The number of likely N-dealkylation sites (tertiary alicyclic amines) is 1. The standard InChI is InChI=1S/C31H29ClF5N9O3/c32-20-5-4-18(39-28(20)49-30(33)34)16-48-26-3-1-2-21(41-26)17-6-9-45(10-7-17)15-25-40-22-12-23(27-42-29(44-43-27)31(35,36)37)38-13-24(22)46(25)14-19-8-11-47-19/h1-5,12-13,17,19,30H,6-11,14-16H2,(H,42,43,44)/t19-/m0/s1. The Morgan fingerprint density at radius 3 is 2.57 bits per heavy atom. The smallest absolute Gasteiger partial charge is 0.451 e. The molecule has 0 aliphatic carbocycles. The van der Waals surface area contributed by atoms with Crippen molar-refractivity contribution < 1.29 is 36.2 Å². The molecule has 12 nitrogen and oxygen atoms in total. The van der Waals surface area contributed by atoms with E-state index >= 15 is 0 Å². The molecule has 1 N–H and O–H groups in total. The monoisotopic (exact) mass is 705 g/mol. The van der Waals surface area contributed by atoms with Crippen LogP contribution in [0.15, 0.2) is 42.6 Å². The van der Waals surface area contributed by atoms with Crippen molar-refractivity contribution in [1.82, 2.24) is 44.6 Å². The van der Waals surface area contributed by atoms with Gasteiger partial charge in [0.2, 0.25) is 17.6 Å². The lowest BCUT2D eigenvalue weighted by Crippen LogP contribution is -2.35. The first-order chi connectivity index (χ1) is 23.6. The van der Waals surface area contributed by atoms with Crippen LogP contribution in [0.3, 0.4) is 0 Å². The first-order valence-corrected chi connectivity index (χ1v) is 15.9. The van der Waals surface area contributed by atoms with E-state index in [1.165, 1.54) is 6.07 Å². The lowest BCUT2D eigenvalue weighted by molar-refractivity contribution is -0.144. The third-order valence-electron chi connectivity index (χ3n) is 8.43. The maximum atomic E-state index is 13.1. The van der Waals surface area contributed by atoms with Gasteiger partial charge in [-0.25, -0.2) is 19.9 Å². The second-order valence-corrected chi connectivity index (χ2v) is 12.1. The van der Waals surface area contributed by atoms with Crippen molar-refractivity contribution in [3.8, 4) is 23.3 Å². The summed E-state index contributed by atoms with van der Waals surface area (Å²) in [6.45, 7) is 0.348. The van der Waals surface area contributed by atoms with Crippen LogP contribution in [-0.4, -0.2) is 77.0 Å². The topological polar surface area (TPSA) is 129 Å². The molecular formula is C31H29ClF5N9O3. The number of nitrogens with one attached hydrogen (secondary N) is 1. The molecule has 0 unspecified atom stereocenters. The lowest BCUT2D eigenvalue weighted by atomic mass is 9.93. The molecule has 0 radical (unpaired) electrons. The average Bonchev–Trinajstić information content (AvgIpc) is 3.69. The Morgan fingerprint density at radius 2 is 1.86 bits per heavy atom. The molecule has 258 valence electrons. The SMILES string of the molecule is FC(F)Oc1nc(COc2cccc(C3CCN(Cc4nc5cc(-c6n[nH]c(C(F)(F)F)n6)ncc5n4C[C@@H]4CCO4)CC3)n2)ccc1Cl. The van der Waals surface area contributed by atoms with Crippen LogP contribution in [0.4, 0.5) is 22.0 Å². The Balaban J connectivity index is 1.01. The molecule has 2 saturated heterocycles. The summed E-state index contributed by atoms with van der Waals surface area (Å²) in [7, 11) is 0. The molecular weight excluding hydrogens is 677 g/mol. The van der Waals surface area contributed by atoms with Crippen LogP contribution in [0.5, 0.6) is 11.8 Å². The molecule has 0 amide bonds. The minimum atomic E-state index is -4.65. The van der Waals surface area contributed by atoms with Crippen molar-refractivity contribution in [1.29, 1.82) is 0 Å². The summed E-state index contributed by atoms with van der Waals surface area (Å²) in [5.41, 5.74) is 2.76. The van der Waals surface area contributed by atoms with E-state index in [9.17, 15) is 22.0 Å². The van der Waals surface area contributed by atoms with Gasteiger partial charge in [0.25, 0.3) is 0 Å². The van der Waals surface area contributed by atoms with Gasteiger partial charge in [0, 0.05) is 24.3 Å². The van der Waals surface area contributed by atoms with E-state index in [0.717, 1.165) is 49.4 Å². The van der Waals surface area contributed by atoms with Crippen LogP contribution in [0, 0.1) is 0 Å². The molecule has 7 heterocycles. The predicted molar refractivity (Wildman–Crippen MR) is 164 cm³/mol. The van der Waals surface area contributed by atoms with Crippen molar-refractivity contribution in [2.75, 3.05) is 19.7 Å². The number of ether oxygens (including phenoxy) is 3. The normalized spacial score (nSPS) is 17.5. The Morgan fingerprint density at radius 1 is 1.04 bits per heavy atom. The molecule has 2 fully saturated rings. The van der Waals surface area contributed by atoms with Gasteiger partial charge in [-0.05, 0) is 56.6 Å². The van der Waals surface area contributed by atoms with Crippen molar-refractivity contribution in [2.45, 2.75) is 63.8 Å². The molecule has 0 bridgehead atoms. The van der Waals surface area contributed by atoms with E-state index < -0.39 is 18.6 Å². The van der Waals surface area contributed by atoms with E-state index in [1.807, 2.05) is 17.2 Å². The number of H-pyrrole nitrogens is 1. The minimum Gasteiger partial charge on any atom is -0.471 e.